The summed E-state index contributed by atoms with van der Waals surface area (Å²) in [4.78, 5) is 0. The maximum Gasteiger partial charge on any atom is 0.0536 e. The summed E-state index contributed by atoms with van der Waals surface area (Å²) in [5.74, 6) is 0.871. The van der Waals surface area contributed by atoms with Gasteiger partial charge in [0.15, 0.2) is 0 Å². The van der Waals surface area contributed by atoms with E-state index in [2.05, 4.69) is 12.2 Å². The minimum Gasteiger partial charge on any atom is -0.381 e. The summed E-state index contributed by atoms with van der Waals surface area (Å²) in [5, 5.41) is 3.48. The summed E-state index contributed by atoms with van der Waals surface area (Å²) in [6.07, 6.45) is 5.04. The van der Waals surface area contributed by atoms with Crippen LogP contribution in [-0.2, 0) is 9.47 Å². The highest BCUT2D eigenvalue weighted by Crippen LogP contribution is 2.33. The van der Waals surface area contributed by atoms with Crippen molar-refractivity contribution in [2.45, 2.75) is 32.6 Å². The first-order valence-electron chi connectivity index (χ1n) is 6.71. The first kappa shape index (κ1) is 12.3. The predicted octanol–water partition coefficient (Wildman–Crippen LogP) is 1.82. The van der Waals surface area contributed by atoms with E-state index in [1.807, 2.05) is 0 Å². The first-order valence-corrected chi connectivity index (χ1v) is 6.71. The Labute approximate surface area is 98.9 Å². The average Bonchev–Trinajstić information content (AvgIpc) is 3.12. The summed E-state index contributed by atoms with van der Waals surface area (Å²) in [7, 11) is 0. The Kier molecular flexibility index (Phi) is 4.62. The van der Waals surface area contributed by atoms with Crippen LogP contribution in [0.4, 0.5) is 0 Å². The molecule has 0 radical (unpaired) electrons. The molecule has 1 heterocycles. The van der Waals surface area contributed by atoms with E-state index in [1.54, 1.807) is 0 Å². The molecule has 2 rings (SSSR count). The van der Waals surface area contributed by atoms with E-state index in [4.69, 9.17) is 9.47 Å². The highest BCUT2D eigenvalue weighted by molar-refractivity contribution is 4.84. The molecule has 3 heteroatoms. The fraction of sp³-hybridized carbons (Fsp3) is 1.00. The van der Waals surface area contributed by atoms with Gasteiger partial charge in [-0.05, 0) is 38.1 Å². The van der Waals surface area contributed by atoms with E-state index < -0.39 is 0 Å². The minimum absolute atomic E-state index is 0.336. The SMILES string of the molecule is CCNCC1(COCC2CC2)CCOCC1. The Balaban J connectivity index is 1.74. The van der Waals surface area contributed by atoms with E-state index in [9.17, 15) is 0 Å². The van der Waals surface area contributed by atoms with Crippen molar-refractivity contribution >= 4 is 0 Å². The molecule has 94 valence electrons. The first-order chi connectivity index (χ1) is 7.85. The highest BCUT2D eigenvalue weighted by atomic mass is 16.5. The fourth-order valence-electron chi connectivity index (χ4n) is 2.29. The van der Waals surface area contributed by atoms with Gasteiger partial charge in [0, 0.05) is 31.8 Å². The molecular formula is C13H25NO2. The maximum absolute atomic E-state index is 5.90. The molecule has 0 unspecified atom stereocenters. The van der Waals surface area contributed by atoms with Crippen LogP contribution in [0.25, 0.3) is 0 Å². The van der Waals surface area contributed by atoms with Gasteiger partial charge in [0.2, 0.25) is 0 Å². The number of hydrogen-bond acceptors (Lipinski definition) is 3. The second-order valence-electron chi connectivity index (χ2n) is 5.35. The highest BCUT2D eigenvalue weighted by Gasteiger charge is 2.33. The Hall–Kier alpha value is -0.120. The molecule has 3 nitrogen and oxygen atoms in total. The van der Waals surface area contributed by atoms with E-state index in [0.717, 1.165) is 58.3 Å². The van der Waals surface area contributed by atoms with Gasteiger partial charge in [-0.15, -0.1) is 0 Å². The van der Waals surface area contributed by atoms with Crippen LogP contribution in [0.1, 0.15) is 32.6 Å². The second kappa shape index (κ2) is 5.99. The lowest BCUT2D eigenvalue weighted by Gasteiger charge is -2.37. The van der Waals surface area contributed by atoms with Crippen molar-refractivity contribution in [1.29, 1.82) is 0 Å². The Morgan fingerprint density at radius 2 is 2.06 bits per heavy atom. The molecule has 0 aromatic carbocycles. The zero-order chi connectivity index (χ0) is 11.3. The molecule has 0 aromatic rings. The van der Waals surface area contributed by atoms with Gasteiger partial charge >= 0.3 is 0 Å². The molecule has 1 aliphatic carbocycles. The van der Waals surface area contributed by atoms with E-state index >= 15 is 0 Å². The quantitative estimate of drug-likeness (QED) is 0.719. The molecular weight excluding hydrogens is 202 g/mol. The molecule has 16 heavy (non-hydrogen) atoms. The third-order valence-electron chi connectivity index (χ3n) is 3.76. The number of rotatable bonds is 7. The summed E-state index contributed by atoms with van der Waals surface area (Å²) >= 11 is 0. The number of hydrogen-bond donors (Lipinski definition) is 1. The molecule has 0 atom stereocenters. The topological polar surface area (TPSA) is 30.5 Å². The van der Waals surface area contributed by atoms with E-state index in [0.29, 0.717) is 5.41 Å². The fourth-order valence-corrected chi connectivity index (χ4v) is 2.29. The molecule has 1 saturated heterocycles. The van der Waals surface area contributed by atoms with Crippen molar-refractivity contribution in [3.8, 4) is 0 Å². The third-order valence-corrected chi connectivity index (χ3v) is 3.76. The maximum atomic E-state index is 5.90. The lowest BCUT2D eigenvalue weighted by molar-refractivity contribution is -0.0404. The Morgan fingerprint density at radius 3 is 2.69 bits per heavy atom. The van der Waals surface area contributed by atoms with Gasteiger partial charge in [-0.25, -0.2) is 0 Å². The number of nitrogens with one attached hydrogen (secondary N) is 1. The molecule has 1 saturated carbocycles. The van der Waals surface area contributed by atoms with Gasteiger partial charge in [0.05, 0.1) is 6.61 Å². The molecule has 2 fully saturated rings. The second-order valence-corrected chi connectivity index (χ2v) is 5.35. The summed E-state index contributed by atoms with van der Waals surface area (Å²) in [5.41, 5.74) is 0.336. The standard InChI is InChI=1S/C13H25NO2/c1-2-14-10-13(5-7-15-8-6-13)11-16-9-12-3-4-12/h12,14H,2-11H2,1H3. The van der Waals surface area contributed by atoms with Crippen molar-refractivity contribution in [1.82, 2.24) is 5.32 Å². The van der Waals surface area contributed by atoms with Crippen LogP contribution in [0.5, 0.6) is 0 Å². The van der Waals surface area contributed by atoms with Gasteiger partial charge in [-0.1, -0.05) is 6.92 Å². The minimum atomic E-state index is 0.336. The zero-order valence-corrected chi connectivity index (χ0v) is 10.5. The van der Waals surface area contributed by atoms with Crippen molar-refractivity contribution in [3.63, 3.8) is 0 Å². The van der Waals surface area contributed by atoms with Crippen LogP contribution in [0.15, 0.2) is 0 Å². The van der Waals surface area contributed by atoms with Gasteiger partial charge in [0.1, 0.15) is 0 Å². The monoisotopic (exact) mass is 227 g/mol. The van der Waals surface area contributed by atoms with Crippen LogP contribution in [0.2, 0.25) is 0 Å². The van der Waals surface area contributed by atoms with Crippen molar-refractivity contribution in [2.75, 3.05) is 39.5 Å². The molecule has 0 bridgehead atoms. The van der Waals surface area contributed by atoms with Crippen molar-refractivity contribution in [2.24, 2.45) is 11.3 Å². The van der Waals surface area contributed by atoms with Crippen LogP contribution < -0.4 is 5.32 Å². The largest absolute Gasteiger partial charge is 0.381 e. The molecule has 0 aromatic heterocycles. The predicted molar refractivity (Wildman–Crippen MR) is 64.6 cm³/mol. The van der Waals surface area contributed by atoms with Gasteiger partial charge in [-0.3, -0.25) is 0 Å². The van der Waals surface area contributed by atoms with Crippen LogP contribution in [0, 0.1) is 11.3 Å². The summed E-state index contributed by atoms with van der Waals surface area (Å²) < 4.78 is 11.4. The lowest BCUT2D eigenvalue weighted by Crippen LogP contribution is -2.42. The number of ether oxygens (including phenoxy) is 2. The van der Waals surface area contributed by atoms with Gasteiger partial charge in [-0.2, -0.15) is 0 Å². The normalized spacial score (nSPS) is 24.6. The molecule has 1 aliphatic heterocycles. The van der Waals surface area contributed by atoms with Crippen molar-refractivity contribution < 1.29 is 9.47 Å². The zero-order valence-electron chi connectivity index (χ0n) is 10.5. The van der Waals surface area contributed by atoms with E-state index in [-0.39, 0.29) is 0 Å². The lowest BCUT2D eigenvalue weighted by atomic mass is 9.81. The third kappa shape index (κ3) is 3.72. The molecule has 1 N–H and O–H groups in total. The molecule has 0 spiro atoms. The summed E-state index contributed by atoms with van der Waals surface area (Å²) in [6.45, 7) is 7.99. The van der Waals surface area contributed by atoms with Gasteiger partial charge < -0.3 is 14.8 Å². The Morgan fingerprint density at radius 1 is 1.31 bits per heavy atom. The van der Waals surface area contributed by atoms with Crippen LogP contribution in [0.3, 0.4) is 0 Å². The van der Waals surface area contributed by atoms with Crippen LogP contribution in [-0.4, -0.2) is 39.5 Å². The molecule has 0 amide bonds. The van der Waals surface area contributed by atoms with Gasteiger partial charge in [0.25, 0.3) is 0 Å². The molecule has 2 aliphatic rings. The average molecular weight is 227 g/mol. The van der Waals surface area contributed by atoms with Crippen molar-refractivity contribution in [3.05, 3.63) is 0 Å². The smallest absolute Gasteiger partial charge is 0.0536 e. The van der Waals surface area contributed by atoms with E-state index in [1.165, 1.54) is 12.8 Å². The van der Waals surface area contributed by atoms with Crippen LogP contribution >= 0.6 is 0 Å². The Bertz CT molecular complexity index is 198. The summed E-state index contributed by atoms with van der Waals surface area (Å²) in [6, 6.07) is 0.